The number of nitrogens with zero attached hydrogens (tertiary/aromatic N) is 2. The number of aromatic nitrogens is 1. The van der Waals surface area contributed by atoms with Crippen LogP contribution in [0.1, 0.15) is 23.1 Å². The fraction of sp³-hybridized carbons (Fsp3) is 0.500. The van der Waals surface area contributed by atoms with Crippen molar-refractivity contribution in [3.63, 3.8) is 0 Å². The molecule has 0 radical (unpaired) electrons. The average Bonchev–Trinajstić information content (AvgIpc) is 3.04. The van der Waals surface area contributed by atoms with Crippen LogP contribution in [0.4, 0.5) is 5.13 Å². The molecule has 0 fully saturated rings. The Labute approximate surface area is 142 Å². The summed E-state index contributed by atoms with van der Waals surface area (Å²) in [7, 11) is 3.79. The Bertz CT molecular complexity index is 570. The second-order valence-corrected chi connectivity index (χ2v) is 8.05. The van der Waals surface area contributed by atoms with Crippen molar-refractivity contribution < 1.29 is 4.74 Å². The van der Waals surface area contributed by atoms with Gasteiger partial charge in [-0.2, -0.15) is 0 Å². The Kier molecular flexibility index (Phi) is 6.63. The molecule has 0 aliphatic carbocycles. The van der Waals surface area contributed by atoms with E-state index >= 15 is 0 Å². The number of thiophene rings is 1. The number of rotatable bonds is 8. The van der Waals surface area contributed by atoms with Gasteiger partial charge in [0.1, 0.15) is 0 Å². The first kappa shape index (κ1) is 16.9. The number of nitrogens with one attached hydrogen (secondary N) is 1. The molecule has 4 nitrogen and oxygen atoms in total. The first-order chi connectivity index (χ1) is 10.1. The summed E-state index contributed by atoms with van der Waals surface area (Å²) in [5.74, 6) is 0. The smallest absolute Gasteiger partial charge is 0.185 e. The van der Waals surface area contributed by atoms with Crippen molar-refractivity contribution in [2.75, 3.05) is 25.6 Å². The van der Waals surface area contributed by atoms with Crippen molar-refractivity contribution in [2.24, 2.45) is 0 Å². The second kappa shape index (κ2) is 8.24. The Hall–Kier alpha value is -0.470. The molecule has 2 heterocycles. The Morgan fingerprint density at radius 3 is 2.90 bits per heavy atom. The molecule has 2 rings (SSSR count). The van der Waals surface area contributed by atoms with Gasteiger partial charge in [-0.3, -0.25) is 0 Å². The number of methoxy groups -OCH3 is 1. The van der Waals surface area contributed by atoms with E-state index in [9.17, 15) is 0 Å². The summed E-state index contributed by atoms with van der Waals surface area (Å²) in [6.45, 7) is 5.35. The molecule has 2 aromatic heterocycles. The molecule has 0 amide bonds. The maximum absolute atomic E-state index is 5.26. The lowest BCUT2D eigenvalue weighted by atomic mass is 10.3. The van der Waals surface area contributed by atoms with E-state index in [1.54, 1.807) is 29.8 Å². The first-order valence-corrected chi connectivity index (χ1v) is 9.25. The molecule has 0 atom stereocenters. The third kappa shape index (κ3) is 4.75. The van der Waals surface area contributed by atoms with Gasteiger partial charge in [0.2, 0.25) is 0 Å². The lowest BCUT2D eigenvalue weighted by molar-refractivity contribution is 0.181. The highest BCUT2D eigenvalue weighted by Gasteiger charge is 2.14. The number of hydrogen-bond acceptors (Lipinski definition) is 6. The molecule has 2 aromatic rings. The Balaban J connectivity index is 2.10. The maximum atomic E-state index is 5.26. The van der Waals surface area contributed by atoms with E-state index in [0.717, 1.165) is 34.2 Å². The van der Waals surface area contributed by atoms with Gasteiger partial charge in [-0.1, -0.05) is 6.92 Å². The molecule has 0 aliphatic rings. The summed E-state index contributed by atoms with van der Waals surface area (Å²) >= 11 is 6.95. The van der Waals surface area contributed by atoms with Gasteiger partial charge in [-0.15, -0.1) is 22.7 Å². The topological polar surface area (TPSA) is 37.4 Å². The van der Waals surface area contributed by atoms with Crippen molar-refractivity contribution in [2.45, 2.75) is 26.6 Å². The fourth-order valence-electron chi connectivity index (χ4n) is 1.93. The van der Waals surface area contributed by atoms with Crippen LogP contribution in [0.5, 0.6) is 0 Å². The van der Waals surface area contributed by atoms with E-state index in [4.69, 9.17) is 9.72 Å². The molecule has 1 N–H and O–H groups in total. The van der Waals surface area contributed by atoms with Crippen LogP contribution in [0.2, 0.25) is 0 Å². The summed E-state index contributed by atoms with van der Waals surface area (Å²) in [6.07, 6.45) is 0. The quantitative estimate of drug-likeness (QED) is 0.743. The van der Waals surface area contributed by atoms with Gasteiger partial charge < -0.3 is 15.0 Å². The molecular formula is C14H20BrN3OS2. The predicted molar refractivity (Wildman–Crippen MR) is 94.3 cm³/mol. The van der Waals surface area contributed by atoms with Gasteiger partial charge in [0.25, 0.3) is 0 Å². The number of hydrogen-bond donors (Lipinski definition) is 1. The number of ether oxygens (including phenoxy) is 1. The second-order valence-electron chi connectivity index (χ2n) is 4.69. The van der Waals surface area contributed by atoms with Gasteiger partial charge in [-0.25, -0.2) is 4.98 Å². The van der Waals surface area contributed by atoms with Gasteiger partial charge >= 0.3 is 0 Å². The zero-order valence-corrected chi connectivity index (χ0v) is 15.7. The van der Waals surface area contributed by atoms with E-state index in [1.165, 1.54) is 10.4 Å². The molecule has 0 saturated heterocycles. The standard InChI is InChI=1S/C14H20BrN3OS2/c1-4-16-6-12-11(8-19-3)17-14(21-12)18(2)7-10-5-13(15)20-9-10/h5,9,16H,4,6-8H2,1-3H3. The molecule has 21 heavy (non-hydrogen) atoms. The highest BCUT2D eigenvalue weighted by Crippen LogP contribution is 2.28. The van der Waals surface area contributed by atoms with Gasteiger partial charge in [0.05, 0.1) is 16.1 Å². The molecule has 0 spiro atoms. The van der Waals surface area contributed by atoms with E-state index in [1.807, 2.05) is 0 Å². The van der Waals surface area contributed by atoms with Crippen LogP contribution >= 0.6 is 38.6 Å². The third-order valence-corrected chi connectivity index (χ3v) is 5.72. The molecule has 0 aromatic carbocycles. The number of halogens is 1. The third-order valence-electron chi connectivity index (χ3n) is 2.95. The molecular weight excluding hydrogens is 370 g/mol. The van der Waals surface area contributed by atoms with Crippen LogP contribution in [0.3, 0.4) is 0 Å². The van der Waals surface area contributed by atoms with Crippen LogP contribution in [0, 0.1) is 0 Å². The van der Waals surface area contributed by atoms with Gasteiger partial charge in [-0.05, 0) is 39.5 Å². The van der Waals surface area contributed by atoms with Crippen LogP contribution < -0.4 is 10.2 Å². The fourth-order valence-corrected chi connectivity index (χ4v) is 4.12. The van der Waals surface area contributed by atoms with Gasteiger partial charge in [0.15, 0.2) is 5.13 Å². The largest absolute Gasteiger partial charge is 0.378 e. The minimum Gasteiger partial charge on any atom is -0.378 e. The van der Waals surface area contributed by atoms with Crippen LogP contribution in [-0.4, -0.2) is 25.7 Å². The molecule has 0 saturated carbocycles. The first-order valence-electron chi connectivity index (χ1n) is 6.76. The summed E-state index contributed by atoms with van der Waals surface area (Å²) in [6, 6.07) is 2.16. The van der Waals surface area contributed by atoms with E-state index in [2.05, 4.69) is 51.6 Å². The lowest BCUT2D eigenvalue weighted by Crippen LogP contribution is -2.15. The highest BCUT2D eigenvalue weighted by atomic mass is 79.9. The summed E-state index contributed by atoms with van der Waals surface area (Å²) in [4.78, 5) is 8.17. The van der Waals surface area contributed by atoms with Crippen LogP contribution in [-0.2, 0) is 24.4 Å². The van der Waals surface area contributed by atoms with E-state index in [0.29, 0.717) is 6.61 Å². The molecule has 116 valence electrons. The average molecular weight is 390 g/mol. The zero-order chi connectivity index (χ0) is 15.2. The van der Waals surface area contributed by atoms with Crippen molar-refractivity contribution >= 4 is 43.7 Å². The minimum absolute atomic E-state index is 0.565. The summed E-state index contributed by atoms with van der Waals surface area (Å²) in [5.41, 5.74) is 2.34. The zero-order valence-electron chi connectivity index (χ0n) is 12.5. The maximum Gasteiger partial charge on any atom is 0.185 e. The minimum atomic E-state index is 0.565. The Morgan fingerprint density at radius 1 is 1.48 bits per heavy atom. The van der Waals surface area contributed by atoms with Crippen molar-refractivity contribution in [1.82, 2.24) is 10.3 Å². The van der Waals surface area contributed by atoms with Gasteiger partial charge in [0, 0.05) is 32.1 Å². The lowest BCUT2D eigenvalue weighted by Gasteiger charge is -2.14. The van der Waals surface area contributed by atoms with Crippen molar-refractivity contribution in [3.8, 4) is 0 Å². The molecule has 0 aliphatic heterocycles. The predicted octanol–water partition coefficient (Wildman–Crippen LogP) is 3.86. The van der Waals surface area contributed by atoms with E-state index in [-0.39, 0.29) is 0 Å². The highest BCUT2D eigenvalue weighted by molar-refractivity contribution is 9.11. The monoisotopic (exact) mass is 389 g/mol. The van der Waals surface area contributed by atoms with E-state index < -0.39 is 0 Å². The SMILES string of the molecule is CCNCc1sc(N(C)Cc2csc(Br)c2)nc1COC. The number of thiazole rings is 1. The molecule has 0 unspecified atom stereocenters. The van der Waals surface area contributed by atoms with Crippen molar-refractivity contribution in [3.05, 3.63) is 31.4 Å². The van der Waals surface area contributed by atoms with Crippen LogP contribution in [0.15, 0.2) is 15.2 Å². The van der Waals surface area contributed by atoms with Crippen LogP contribution in [0.25, 0.3) is 0 Å². The normalized spacial score (nSPS) is 11.0. The van der Waals surface area contributed by atoms with Crippen molar-refractivity contribution in [1.29, 1.82) is 0 Å². The summed E-state index contributed by atoms with van der Waals surface area (Å²) in [5, 5.41) is 6.57. The summed E-state index contributed by atoms with van der Waals surface area (Å²) < 4.78 is 6.42. The Morgan fingerprint density at radius 2 is 2.29 bits per heavy atom. The molecule has 7 heteroatoms. The number of anilines is 1. The molecule has 0 bridgehead atoms.